The van der Waals surface area contributed by atoms with Gasteiger partial charge in [-0.25, -0.2) is 14.4 Å². The molecule has 2 fully saturated rings. The van der Waals surface area contributed by atoms with E-state index in [2.05, 4.69) is 32.5 Å². The number of carbonyl (C=O) groups is 2. The Labute approximate surface area is 237 Å². The first-order valence-corrected chi connectivity index (χ1v) is 14.2. The molecule has 8 nitrogen and oxygen atoms in total. The molecule has 1 aliphatic heterocycles. The molecule has 224 valence electrons. The number of aromatic nitrogens is 2. The fourth-order valence-electron chi connectivity index (χ4n) is 5.79. The Morgan fingerprint density at radius 3 is 2.41 bits per heavy atom. The Morgan fingerprint density at radius 1 is 1.07 bits per heavy atom. The van der Waals surface area contributed by atoms with E-state index in [1.807, 2.05) is 7.05 Å². The summed E-state index contributed by atoms with van der Waals surface area (Å²) in [6.07, 6.45) is 0.600. The number of likely N-dealkylation sites (tertiary alicyclic amines) is 1. The van der Waals surface area contributed by atoms with E-state index in [4.69, 9.17) is 0 Å². The van der Waals surface area contributed by atoms with Crippen LogP contribution in [0.1, 0.15) is 60.1 Å². The fourth-order valence-corrected chi connectivity index (χ4v) is 5.79. The van der Waals surface area contributed by atoms with E-state index < -0.39 is 24.3 Å². The summed E-state index contributed by atoms with van der Waals surface area (Å²) in [4.78, 5) is 37.7. The van der Waals surface area contributed by atoms with Crippen LogP contribution in [-0.2, 0) is 17.4 Å². The van der Waals surface area contributed by atoms with Crippen molar-refractivity contribution >= 4 is 23.5 Å². The van der Waals surface area contributed by atoms with Gasteiger partial charge in [-0.15, -0.1) is 0 Å². The lowest BCUT2D eigenvalue weighted by Crippen LogP contribution is -2.44. The SMILES string of the molecule is CN1CCC(N(C)C(=O)c2ccc(Nc3ncc(C(F)(F)F)c(C[C@@H]4CCCC[C@@H]4C(=O)NCCF)n3)cc2)CC1. The summed E-state index contributed by atoms with van der Waals surface area (Å²) in [7, 11) is 3.87. The Bertz CT molecular complexity index is 1180. The Morgan fingerprint density at radius 2 is 1.76 bits per heavy atom. The normalized spacial score (nSPS) is 20.4. The van der Waals surface area contributed by atoms with Gasteiger partial charge in [-0.1, -0.05) is 12.8 Å². The van der Waals surface area contributed by atoms with Crippen molar-refractivity contribution in [3.05, 3.63) is 47.3 Å². The summed E-state index contributed by atoms with van der Waals surface area (Å²) in [5.74, 6) is -1.27. The smallest absolute Gasteiger partial charge is 0.353 e. The zero-order chi connectivity index (χ0) is 29.6. The molecule has 1 saturated carbocycles. The standard InChI is InChI=1S/C29H38F4N6O2/c1-38-15-11-22(12-16-38)39(2)27(41)19-7-9-21(10-8-19)36-28-35-18-24(29(31,32)33)25(37-28)17-20-5-3-4-6-23(20)26(40)34-14-13-30/h7-10,18,20,22-23H,3-6,11-17H2,1-2H3,(H,34,40)(H,35,36,37)/t20-,23-/m0/s1. The van der Waals surface area contributed by atoms with Crippen LogP contribution in [0, 0.1) is 11.8 Å². The molecule has 2 amide bonds. The molecule has 41 heavy (non-hydrogen) atoms. The Balaban J connectivity index is 1.48. The molecule has 0 radical (unpaired) electrons. The van der Waals surface area contributed by atoms with Crippen molar-refractivity contribution in [2.75, 3.05) is 45.7 Å². The second-order valence-electron chi connectivity index (χ2n) is 11.0. The number of benzene rings is 1. The highest BCUT2D eigenvalue weighted by Gasteiger charge is 2.38. The van der Waals surface area contributed by atoms with Crippen molar-refractivity contribution in [1.82, 2.24) is 25.1 Å². The van der Waals surface area contributed by atoms with Gasteiger partial charge >= 0.3 is 6.18 Å². The van der Waals surface area contributed by atoms with Gasteiger partial charge in [0.05, 0.1) is 11.3 Å². The highest BCUT2D eigenvalue weighted by Crippen LogP contribution is 2.37. The lowest BCUT2D eigenvalue weighted by atomic mass is 9.76. The summed E-state index contributed by atoms with van der Waals surface area (Å²) in [5, 5.41) is 5.48. The van der Waals surface area contributed by atoms with Crippen LogP contribution in [0.3, 0.4) is 0 Å². The molecule has 1 aromatic heterocycles. The van der Waals surface area contributed by atoms with Gasteiger partial charge in [0.25, 0.3) is 5.91 Å². The molecule has 2 heterocycles. The van der Waals surface area contributed by atoms with Crippen molar-refractivity contribution in [2.45, 2.75) is 57.2 Å². The maximum absolute atomic E-state index is 13.9. The molecule has 12 heteroatoms. The van der Waals surface area contributed by atoms with Crippen molar-refractivity contribution in [1.29, 1.82) is 0 Å². The van der Waals surface area contributed by atoms with Crippen molar-refractivity contribution in [3.8, 4) is 0 Å². The van der Waals surface area contributed by atoms with Crippen LogP contribution in [0.5, 0.6) is 0 Å². The average Bonchev–Trinajstić information content (AvgIpc) is 2.96. The molecule has 2 aliphatic rings. The lowest BCUT2D eigenvalue weighted by Gasteiger charge is -2.35. The summed E-state index contributed by atoms with van der Waals surface area (Å²) < 4.78 is 54.2. The Kier molecular flexibility index (Phi) is 10.2. The molecule has 4 rings (SSSR count). The Hall–Kier alpha value is -3.28. The molecule has 1 aromatic carbocycles. The second kappa shape index (κ2) is 13.6. The number of anilines is 2. The van der Waals surface area contributed by atoms with Gasteiger partial charge < -0.3 is 20.4 Å². The number of nitrogens with one attached hydrogen (secondary N) is 2. The van der Waals surface area contributed by atoms with Crippen LogP contribution in [-0.4, -0.2) is 78.0 Å². The van der Waals surface area contributed by atoms with Crippen LogP contribution in [0.15, 0.2) is 30.5 Å². The third-order valence-electron chi connectivity index (χ3n) is 8.21. The summed E-state index contributed by atoms with van der Waals surface area (Å²) in [6, 6.07) is 6.85. The predicted octanol–water partition coefficient (Wildman–Crippen LogP) is 4.84. The van der Waals surface area contributed by atoms with Gasteiger partial charge in [0.2, 0.25) is 11.9 Å². The largest absolute Gasteiger partial charge is 0.419 e. The summed E-state index contributed by atoms with van der Waals surface area (Å²) in [5.41, 5.74) is -0.0816. The van der Waals surface area contributed by atoms with Gasteiger partial charge in [-0.3, -0.25) is 9.59 Å². The zero-order valence-corrected chi connectivity index (χ0v) is 23.5. The number of piperidine rings is 1. The monoisotopic (exact) mass is 578 g/mol. The minimum absolute atomic E-state index is 0.00948. The predicted molar refractivity (Wildman–Crippen MR) is 148 cm³/mol. The van der Waals surface area contributed by atoms with Crippen LogP contribution in [0.2, 0.25) is 0 Å². The zero-order valence-electron chi connectivity index (χ0n) is 23.5. The summed E-state index contributed by atoms with van der Waals surface area (Å²) in [6.45, 7) is 1.06. The molecule has 1 saturated heterocycles. The van der Waals surface area contributed by atoms with E-state index in [9.17, 15) is 27.2 Å². The first-order chi connectivity index (χ1) is 19.6. The van der Waals surface area contributed by atoms with Crippen molar-refractivity contribution < 1.29 is 27.2 Å². The maximum atomic E-state index is 13.9. The molecular formula is C29H38F4N6O2. The van der Waals surface area contributed by atoms with Crippen molar-refractivity contribution in [3.63, 3.8) is 0 Å². The molecule has 0 bridgehead atoms. The van der Waals surface area contributed by atoms with Crippen LogP contribution >= 0.6 is 0 Å². The van der Waals surface area contributed by atoms with Crippen molar-refractivity contribution in [2.24, 2.45) is 11.8 Å². The first-order valence-electron chi connectivity index (χ1n) is 14.2. The third kappa shape index (κ3) is 7.93. The topological polar surface area (TPSA) is 90.5 Å². The minimum Gasteiger partial charge on any atom is -0.353 e. The molecule has 1 aliphatic carbocycles. The van der Waals surface area contributed by atoms with E-state index in [-0.39, 0.29) is 48.4 Å². The van der Waals surface area contributed by atoms with Gasteiger partial charge in [-0.05, 0) is 82.4 Å². The highest BCUT2D eigenvalue weighted by atomic mass is 19.4. The number of amides is 2. The van der Waals surface area contributed by atoms with Gasteiger partial charge in [0.1, 0.15) is 6.67 Å². The number of alkyl halides is 4. The average molecular weight is 579 g/mol. The van der Waals surface area contributed by atoms with E-state index in [1.54, 1.807) is 29.2 Å². The number of halogens is 4. The van der Waals surface area contributed by atoms with E-state index >= 15 is 0 Å². The number of hydrogen-bond donors (Lipinski definition) is 2. The van der Waals surface area contributed by atoms with Gasteiger partial charge in [0.15, 0.2) is 0 Å². The van der Waals surface area contributed by atoms with E-state index in [0.717, 1.165) is 45.0 Å². The molecule has 2 aromatic rings. The van der Waals surface area contributed by atoms with Crippen LogP contribution in [0.25, 0.3) is 0 Å². The molecule has 0 spiro atoms. The molecule has 2 N–H and O–H groups in total. The molecule has 0 unspecified atom stereocenters. The minimum atomic E-state index is -4.66. The highest BCUT2D eigenvalue weighted by molar-refractivity contribution is 5.94. The first kappa shape index (κ1) is 30.7. The fraction of sp³-hybridized carbons (Fsp3) is 0.586. The molecular weight excluding hydrogens is 540 g/mol. The van der Waals surface area contributed by atoms with E-state index in [0.29, 0.717) is 24.1 Å². The number of nitrogens with zero attached hydrogens (tertiary/aromatic N) is 4. The lowest BCUT2D eigenvalue weighted by molar-refractivity contribution is -0.138. The molecule has 2 atom stereocenters. The quantitative estimate of drug-likeness (QED) is 0.414. The van der Waals surface area contributed by atoms with Gasteiger partial charge in [0, 0.05) is 43.0 Å². The van der Waals surface area contributed by atoms with Crippen LogP contribution in [0.4, 0.5) is 29.2 Å². The maximum Gasteiger partial charge on any atom is 0.419 e. The number of carbonyl (C=O) groups excluding carboxylic acids is 2. The third-order valence-corrected chi connectivity index (χ3v) is 8.21. The van der Waals surface area contributed by atoms with Crippen LogP contribution < -0.4 is 10.6 Å². The number of hydrogen-bond acceptors (Lipinski definition) is 6. The summed E-state index contributed by atoms with van der Waals surface area (Å²) >= 11 is 0. The van der Waals surface area contributed by atoms with E-state index in [1.165, 1.54) is 0 Å². The van der Waals surface area contributed by atoms with Gasteiger partial charge in [-0.2, -0.15) is 13.2 Å². The number of rotatable bonds is 9. The second-order valence-corrected chi connectivity index (χ2v) is 11.0.